The molecule has 0 aromatic heterocycles. The van der Waals surface area contributed by atoms with Crippen molar-refractivity contribution in [1.29, 1.82) is 0 Å². The van der Waals surface area contributed by atoms with E-state index >= 15 is 0 Å². The van der Waals surface area contributed by atoms with E-state index in [2.05, 4.69) is 10.6 Å². The van der Waals surface area contributed by atoms with Gasteiger partial charge in [0.15, 0.2) is 5.11 Å². The van der Waals surface area contributed by atoms with E-state index in [4.69, 9.17) is 12.2 Å². The van der Waals surface area contributed by atoms with Crippen LogP contribution < -0.4 is 10.6 Å². The number of hydrogen-bond donors (Lipinski definition) is 2. The molecule has 1 amide bonds. The second kappa shape index (κ2) is 6.21. The van der Waals surface area contributed by atoms with Crippen molar-refractivity contribution in [3.63, 3.8) is 0 Å². The summed E-state index contributed by atoms with van der Waals surface area (Å²) in [5.41, 5.74) is 0.418. The molecule has 2 rings (SSSR count). The molecule has 0 saturated heterocycles. The van der Waals surface area contributed by atoms with Crippen molar-refractivity contribution >= 4 is 28.9 Å². The van der Waals surface area contributed by atoms with E-state index in [0.717, 1.165) is 12.1 Å². The van der Waals surface area contributed by atoms with Gasteiger partial charge in [-0.2, -0.15) is 0 Å². The molecule has 0 saturated carbocycles. The maximum Gasteiger partial charge on any atom is 0.260 e. The molecule has 0 unspecified atom stereocenters. The van der Waals surface area contributed by atoms with Crippen LogP contribution in [0.1, 0.15) is 10.4 Å². The summed E-state index contributed by atoms with van der Waals surface area (Å²) in [4.78, 5) is 11.8. The highest BCUT2D eigenvalue weighted by Crippen LogP contribution is 2.10. The zero-order chi connectivity index (χ0) is 14.5. The van der Waals surface area contributed by atoms with Gasteiger partial charge in [-0.15, -0.1) is 0 Å². The molecule has 0 aliphatic heterocycles. The number of hydrogen-bond acceptors (Lipinski definition) is 2. The Morgan fingerprint density at radius 2 is 1.75 bits per heavy atom. The minimum atomic E-state index is -0.940. The molecule has 0 atom stereocenters. The average Bonchev–Trinajstić information content (AvgIpc) is 2.39. The van der Waals surface area contributed by atoms with Crippen molar-refractivity contribution in [2.45, 2.75) is 0 Å². The molecule has 0 aliphatic carbocycles. The van der Waals surface area contributed by atoms with E-state index in [1.807, 2.05) is 6.07 Å². The van der Waals surface area contributed by atoms with E-state index in [-0.39, 0.29) is 10.7 Å². The first kappa shape index (κ1) is 14.1. The highest BCUT2D eigenvalue weighted by atomic mass is 32.1. The third kappa shape index (κ3) is 3.58. The van der Waals surface area contributed by atoms with Crippen molar-refractivity contribution in [1.82, 2.24) is 5.32 Å². The number of rotatable bonds is 2. The minimum Gasteiger partial charge on any atom is -0.332 e. The zero-order valence-corrected chi connectivity index (χ0v) is 11.0. The molecule has 20 heavy (non-hydrogen) atoms. The maximum atomic E-state index is 13.4. The second-order valence-corrected chi connectivity index (χ2v) is 4.31. The number of amides is 1. The van der Waals surface area contributed by atoms with Crippen molar-refractivity contribution in [2.75, 3.05) is 5.32 Å². The Kier molecular flexibility index (Phi) is 4.37. The fourth-order valence-electron chi connectivity index (χ4n) is 1.53. The molecule has 102 valence electrons. The molecular weight excluding hydrogens is 282 g/mol. The van der Waals surface area contributed by atoms with Crippen molar-refractivity contribution in [3.8, 4) is 0 Å². The van der Waals surface area contributed by atoms with Gasteiger partial charge in [0.2, 0.25) is 0 Å². The van der Waals surface area contributed by atoms with E-state index in [0.29, 0.717) is 11.8 Å². The molecule has 0 fully saturated rings. The maximum absolute atomic E-state index is 13.4. The van der Waals surface area contributed by atoms with Crippen LogP contribution in [0.4, 0.5) is 14.5 Å². The van der Waals surface area contributed by atoms with E-state index in [1.54, 1.807) is 24.3 Å². The number of anilines is 1. The number of halogens is 2. The summed E-state index contributed by atoms with van der Waals surface area (Å²) < 4.78 is 26.2. The lowest BCUT2D eigenvalue weighted by Crippen LogP contribution is -2.34. The number of para-hydroxylation sites is 1. The Hall–Kier alpha value is -2.34. The monoisotopic (exact) mass is 292 g/mol. The van der Waals surface area contributed by atoms with Crippen LogP contribution in [0.15, 0.2) is 48.5 Å². The van der Waals surface area contributed by atoms with Crippen LogP contribution in [0.25, 0.3) is 0 Å². The summed E-state index contributed by atoms with van der Waals surface area (Å²) in [7, 11) is 0. The molecule has 2 aromatic rings. The van der Waals surface area contributed by atoms with Crippen LogP contribution >= 0.6 is 12.2 Å². The molecule has 6 heteroatoms. The van der Waals surface area contributed by atoms with Gasteiger partial charge >= 0.3 is 0 Å². The van der Waals surface area contributed by atoms with E-state index in [9.17, 15) is 13.6 Å². The molecule has 2 N–H and O–H groups in total. The summed E-state index contributed by atoms with van der Waals surface area (Å²) in [6.07, 6.45) is 0. The lowest BCUT2D eigenvalue weighted by Gasteiger charge is -2.09. The largest absolute Gasteiger partial charge is 0.332 e. The molecule has 0 bridgehead atoms. The molecule has 0 spiro atoms. The van der Waals surface area contributed by atoms with E-state index < -0.39 is 17.5 Å². The van der Waals surface area contributed by atoms with Crippen LogP contribution in [-0.4, -0.2) is 11.0 Å². The average molecular weight is 292 g/mol. The fraction of sp³-hybridized carbons (Fsp3) is 0. The Morgan fingerprint density at radius 1 is 1.05 bits per heavy atom. The van der Waals surface area contributed by atoms with Crippen LogP contribution in [0.2, 0.25) is 0 Å². The molecular formula is C14H10F2N2OS. The van der Waals surface area contributed by atoms with Gasteiger partial charge in [0.05, 0.1) is 5.56 Å². The first-order chi connectivity index (χ1) is 9.56. The number of carbonyl (C=O) groups is 1. The Morgan fingerprint density at radius 3 is 2.40 bits per heavy atom. The Labute approximate surface area is 119 Å². The van der Waals surface area contributed by atoms with Crippen molar-refractivity contribution in [3.05, 3.63) is 65.7 Å². The quantitative estimate of drug-likeness (QED) is 0.836. The van der Waals surface area contributed by atoms with Gasteiger partial charge in [-0.3, -0.25) is 10.1 Å². The lowest BCUT2D eigenvalue weighted by molar-refractivity contribution is 0.0973. The predicted octanol–water partition coefficient (Wildman–Crippen LogP) is 3.09. The van der Waals surface area contributed by atoms with Gasteiger partial charge in [-0.05, 0) is 36.5 Å². The Balaban J connectivity index is 2.02. The number of nitrogens with one attached hydrogen (secondary N) is 2. The topological polar surface area (TPSA) is 41.1 Å². The second-order valence-electron chi connectivity index (χ2n) is 3.90. The number of carbonyl (C=O) groups excluding carboxylic acids is 1. The SMILES string of the molecule is O=C(NC(=S)Nc1ccccc1)c1ccc(F)cc1F. The smallest absolute Gasteiger partial charge is 0.260 e. The number of thiocarbonyl (C=S) groups is 1. The Bertz CT molecular complexity index is 647. The zero-order valence-electron chi connectivity index (χ0n) is 10.2. The van der Waals surface area contributed by atoms with Crippen molar-refractivity contribution < 1.29 is 13.6 Å². The van der Waals surface area contributed by atoms with E-state index in [1.165, 1.54) is 0 Å². The summed E-state index contributed by atoms with van der Waals surface area (Å²) >= 11 is 4.94. The fourth-order valence-corrected chi connectivity index (χ4v) is 1.74. The third-order valence-electron chi connectivity index (χ3n) is 2.43. The van der Waals surface area contributed by atoms with Crippen LogP contribution in [0.5, 0.6) is 0 Å². The summed E-state index contributed by atoms with van der Waals surface area (Å²) in [5, 5.41) is 5.13. The van der Waals surface area contributed by atoms with Gasteiger partial charge in [-0.1, -0.05) is 18.2 Å². The summed E-state index contributed by atoms with van der Waals surface area (Å²) in [6, 6.07) is 11.7. The highest BCUT2D eigenvalue weighted by molar-refractivity contribution is 7.80. The first-order valence-corrected chi connectivity index (χ1v) is 6.09. The summed E-state index contributed by atoms with van der Waals surface area (Å²) in [5.74, 6) is -2.43. The standard InChI is InChI=1S/C14H10F2N2OS/c15-9-6-7-11(12(16)8-9)13(19)18-14(20)17-10-4-2-1-3-5-10/h1-8H,(H2,17,18,19,20). The summed E-state index contributed by atoms with van der Waals surface area (Å²) in [6.45, 7) is 0. The van der Waals surface area contributed by atoms with Crippen molar-refractivity contribution in [2.24, 2.45) is 0 Å². The van der Waals surface area contributed by atoms with Gasteiger partial charge < -0.3 is 5.32 Å². The first-order valence-electron chi connectivity index (χ1n) is 5.68. The normalized spacial score (nSPS) is 9.90. The molecule has 0 heterocycles. The third-order valence-corrected chi connectivity index (χ3v) is 2.64. The molecule has 0 radical (unpaired) electrons. The van der Waals surface area contributed by atoms with Gasteiger partial charge in [0.25, 0.3) is 5.91 Å². The van der Waals surface area contributed by atoms with Crippen LogP contribution in [0, 0.1) is 11.6 Å². The minimum absolute atomic E-state index is 0.0323. The van der Waals surface area contributed by atoms with Crippen LogP contribution in [0.3, 0.4) is 0 Å². The molecule has 3 nitrogen and oxygen atoms in total. The number of benzene rings is 2. The molecule has 2 aromatic carbocycles. The highest BCUT2D eigenvalue weighted by Gasteiger charge is 2.13. The van der Waals surface area contributed by atoms with Gasteiger partial charge in [0.1, 0.15) is 11.6 Å². The molecule has 0 aliphatic rings. The predicted molar refractivity (Wildman–Crippen MR) is 76.5 cm³/mol. The van der Waals surface area contributed by atoms with Gasteiger partial charge in [0, 0.05) is 11.8 Å². The lowest BCUT2D eigenvalue weighted by atomic mass is 10.2. The van der Waals surface area contributed by atoms with Gasteiger partial charge in [-0.25, -0.2) is 8.78 Å². The van der Waals surface area contributed by atoms with Crippen LogP contribution in [-0.2, 0) is 0 Å².